The summed E-state index contributed by atoms with van der Waals surface area (Å²) in [6.45, 7) is 1.98. The Morgan fingerprint density at radius 3 is 2.50 bits per heavy atom. The summed E-state index contributed by atoms with van der Waals surface area (Å²) >= 11 is 7.83. The van der Waals surface area contributed by atoms with Crippen molar-refractivity contribution in [2.75, 3.05) is 6.26 Å². The highest BCUT2D eigenvalue weighted by atomic mass is 35.5. The zero-order valence-electron chi connectivity index (χ0n) is 13.5. The number of aliphatic carboxylic acids is 1. The van der Waals surface area contributed by atoms with Crippen LogP contribution in [0.25, 0.3) is 17.2 Å². The van der Waals surface area contributed by atoms with Crippen molar-refractivity contribution in [3.63, 3.8) is 0 Å². The van der Waals surface area contributed by atoms with Crippen molar-refractivity contribution < 1.29 is 9.90 Å². The lowest BCUT2D eigenvalue weighted by Crippen LogP contribution is -1.96. The van der Waals surface area contributed by atoms with Gasteiger partial charge in [-0.05, 0) is 76.9 Å². The van der Waals surface area contributed by atoms with Gasteiger partial charge in [-0.1, -0.05) is 29.8 Å². The summed E-state index contributed by atoms with van der Waals surface area (Å²) in [4.78, 5) is 12.5. The molecular weight excluding hydrogens is 340 g/mol. The number of carbonyl (C=O) groups is 1. The zero-order valence-corrected chi connectivity index (χ0v) is 15.0. The summed E-state index contributed by atoms with van der Waals surface area (Å²) in [5.74, 6) is -0.833. The summed E-state index contributed by atoms with van der Waals surface area (Å²) in [6.07, 6.45) is 4.17. The monoisotopic (exact) mass is 356 g/mol. The lowest BCUT2D eigenvalue weighted by atomic mass is 10.0. The predicted molar refractivity (Wildman–Crippen MR) is 102 cm³/mol. The summed E-state index contributed by atoms with van der Waals surface area (Å²) in [7, 11) is 0. The summed E-state index contributed by atoms with van der Waals surface area (Å²) in [5, 5.41) is 9.85. The van der Waals surface area contributed by atoms with Crippen LogP contribution in [-0.2, 0) is 4.79 Å². The van der Waals surface area contributed by atoms with E-state index >= 15 is 0 Å². The van der Waals surface area contributed by atoms with E-state index in [2.05, 4.69) is 36.6 Å². The number of halogens is 1. The van der Waals surface area contributed by atoms with Crippen molar-refractivity contribution in [1.29, 1.82) is 0 Å². The molecule has 0 bridgehead atoms. The van der Waals surface area contributed by atoms with Gasteiger partial charge in [-0.15, -0.1) is 11.8 Å². The fraction of sp³-hybridized carbons (Fsp3) is 0.150. The largest absolute Gasteiger partial charge is 0.481 e. The Balaban J connectivity index is 2.11. The molecule has 0 heterocycles. The van der Waals surface area contributed by atoms with Gasteiger partial charge in [-0.25, -0.2) is 0 Å². The molecule has 0 aliphatic heterocycles. The molecule has 24 heavy (non-hydrogen) atoms. The fourth-order valence-electron chi connectivity index (χ4n) is 3.00. The van der Waals surface area contributed by atoms with Gasteiger partial charge in [-0.2, -0.15) is 0 Å². The number of hydrogen-bond donors (Lipinski definition) is 1. The molecule has 0 saturated heterocycles. The highest BCUT2D eigenvalue weighted by Crippen LogP contribution is 2.44. The third-order valence-electron chi connectivity index (χ3n) is 4.21. The number of benzene rings is 2. The molecule has 2 nitrogen and oxygen atoms in total. The molecule has 0 unspecified atom stereocenters. The topological polar surface area (TPSA) is 37.3 Å². The van der Waals surface area contributed by atoms with Crippen molar-refractivity contribution in [2.45, 2.75) is 18.2 Å². The summed E-state index contributed by atoms with van der Waals surface area (Å²) in [6, 6.07) is 14.0. The molecule has 1 aliphatic carbocycles. The number of allylic oxidation sites excluding steroid dienone is 2. The third-order valence-corrected chi connectivity index (χ3v) is 5.19. The summed E-state index contributed by atoms with van der Waals surface area (Å²) in [5.41, 5.74) is 5.97. The number of carboxylic acids is 1. The van der Waals surface area contributed by atoms with Gasteiger partial charge in [0.05, 0.1) is 6.42 Å². The number of hydrogen-bond acceptors (Lipinski definition) is 2. The molecular formula is C20H17ClO2S. The van der Waals surface area contributed by atoms with Crippen LogP contribution in [0, 0.1) is 0 Å². The van der Waals surface area contributed by atoms with E-state index < -0.39 is 5.97 Å². The van der Waals surface area contributed by atoms with E-state index in [9.17, 15) is 9.90 Å². The molecule has 0 spiro atoms. The Morgan fingerprint density at radius 2 is 1.88 bits per heavy atom. The molecule has 2 aromatic carbocycles. The second-order valence-corrected chi connectivity index (χ2v) is 7.01. The van der Waals surface area contributed by atoms with Crippen molar-refractivity contribution in [1.82, 2.24) is 0 Å². The average Bonchev–Trinajstić information content (AvgIpc) is 2.80. The van der Waals surface area contributed by atoms with E-state index in [0.717, 1.165) is 33.4 Å². The second-order valence-electron chi connectivity index (χ2n) is 5.70. The standard InChI is InChI=1S/C20H17ClO2S/c1-12-17(9-13-3-6-15(24-2)7-4-13)16-8-5-14(21)10-19(16)18(12)11-20(22)23/h3-10H,11H2,1-2H3,(H,22,23)/b17-9-. The molecule has 1 aliphatic rings. The number of carboxylic acid groups (broad SMARTS) is 1. The molecule has 0 aromatic heterocycles. The average molecular weight is 357 g/mol. The van der Waals surface area contributed by atoms with E-state index in [1.54, 1.807) is 11.8 Å². The first-order valence-corrected chi connectivity index (χ1v) is 9.18. The van der Waals surface area contributed by atoms with Gasteiger partial charge in [0.25, 0.3) is 0 Å². The van der Waals surface area contributed by atoms with Gasteiger partial charge < -0.3 is 5.11 Å². The van der Waals surface area contributed by atoms with E-state index in [-0.39, 0.29) is 6.42 Å². The van der Waals surface area contributed by atoms with Gasteiger partial charge in [0.15, 0.2) is 0 Å². The molecule has 1 N–H and O–H groups in total. The van der Waals surface area contributed by atoms with Crippen molar-refractivity contribution in [3.05, 3.63) is 69.8 Å². The molecule has 122 valence electrons. The Bertz CT molecular complexity index is 864. The quantitative estimate of drug-likeness (QED) is 0.696. The first kappa shape index (κ1) is 16.9. The second kappa shape index (κ2) is 6.88. The maximum absolute atomic E-state index is 11.2. The van der Waals surface area contributed by atoms with Gasteiger partial charge in [0, 0.05) is 9.92 Å². The maximum atomic E-state index is 11.2. The van der Waals surface area contributed by atoms with E-state index in [0.29, 0.717) is 5.02 Å². The van der Waals surface area contributed by atoms with Crippen LogP contribution in [0.4, 0.5) is 0 Å². The SMILES string of the molecule is CSc1ccc(/C=C2/C(C)=C(CC(=O)O)c3cc(Cl)ccc32)cc1. The van der Waals surface area contributed by atoms with E-state index in [4.69, 9.17) is 11.6 Å². The normalized spacial score (nSPS) is 15.0. The number of fused-ring (bicyclic) bond motifs is 1. The van der Waals surface area contributed by atoms with Crippen LogP contribution in [0.5, 0.6) is 0 Å². The van der Waals surface area contributed by atoms with Crippen molar-refractivity contribution in [3.8, 4) is 0 Å². The Hall–Kier alpha value is -1.97. The Labute approximate surface area is 150 Å². The predicted octanol–water partition coefficient (Wildman–Crippen LogP) is 5.86. The Kier molecular flexibility index (Phi) is 4.83. The smallest absolute Gasteiger partial charge is 0.307 e. The molecule has 2 aromatic rings. The van der Waals surface area contributed by atoms with E-state index in [1.165, 1.54) is 4.90 Å². The third kappa shape index (κ3) is 3.28. The van der Waals surface area contributed by atoms with Crippen molar-refractivity contribution >= 4 is 46.6 Å². The molecule has 4 heteroatoms. The van der Waals surface area contributed by atoms with Gasteiger partial charge in [0.2, 0.25) is 0 Å². The van der Waals surface area contributed by atoms with Gasteiger partial charge in [-0.3, -0.25) is 4.79 Å². The molecule has 3 rings (SSSR count). The minimum Gasteiger partial charge on any atom is -0.481 e. The molecule has 0 saturated carbocycles. The van der Waals surface area contributed by atoms with Crippen molar-refractivity contribution in [2.24, 2.45) is 0 Å². The number of rotatable bonds is 4. The van der Waals surface area contributed by atoms with Gasteiger partial charge >= 0.3 is 5.97 Å². The molecule has 0 amide bonds. The maximum Gasteiger partial charge on any atom is 0.307 e. The lowest BCUT2D eigenvalue weighted by molar-refractivity contribution is -0.135. The van der Waals surface area contributed by atoms with Crippen LogP contribution in [0.3, 0.4) is 0 Å². The molecule has 0 fully saturated rings. The van der Waals surface area contributed by atoms with E-state index in [1.807, 2.05) is 25.1 Å². The first-order valence-electron chi connectivity index (χ1n) is 7.57. The van der Waals surface area contributed by atoms with Crippen LogP contribution in [0.15, 0.2) is 52.9 Å². The minimum atomic E-state index is -0.833. The molecule has 0 atom stereocenters. The fourth-order valence-corrected chi connectivity index (χ4v) is 3.58. The zero-order chi connectivity index (χ0) is 17.3. The van der Waals surface area contributed by atoms with Crippen LogP contribution in [-0.4, -0.2) is 17.3 Å². The van der Waals surface area contributed by atoms with Crippen LogP contribution >= 0.6 is 23.4 Å². The minimum absolute atomic E-state index is 0.00191. The lowest BCUT2D eigenvalue weighted by Gasteiger charge is -2.05. The van der Waals surface area contributed by atoms with Crippen LogP contribution in [0.1, 0.15) is 30.0 Å². The Morgan fingerprint density at radius 1 is 1.17 bits per heavy atom. The molecule has 0 radical (unpaired) electrons. The highest BCUT2D eigenvalue weighted by molar-refractivity contribution is 7.98. The first-order chi connectivity index (χ1) is 11.5. The van der Waals surface area contributed by atoms with Crippen LogP contribution in [0.2, 0.25) is 5.02 Å². The number of thioether (sulfide) groups is 1. The van der Waals surface area contributed by atoms with Crippen LogP contribution < -0.4 is 0 Å². The highest BCUT2D eigenvalue weighted by Gasteiger charge is 2.25. The van der Waals surface area contributed by atoms with Gasteiger partial charge in [0.1, 0.15) is 0 Å². The summed E-state index contributed by atoms with van der Waals surface area (Å²) < 4.78 is 0.